The van der Waals surface area contributed by atoms with E-state index >= 15 is 0 Å². The fraction of sp³-hybridized carbons (Fsp3) is 0.750. The molecule has 1 N–H and O–H groups in total. The fourth-order valence-electron chi connectivity index (χ4n) is 2.99. The van der Waals surface area contributed by atoms with Gasteiger partial charge in [-0.05, 0) is 26.3 Å². The molecule has 8 heteroatoms. The highest BCUT2D eigenvalue weighted by Gasteiger charge is 2.35. The zero-order valence-electron chi connectivity index (χ0n) is 11.4. The summed E-state index contributed by atoms with van der Waals surface area (Å²) in [6.45, 7) is 2.02. The van der Waals surface area contributed by atoms with Gasteiger partial charge in [0, 0.05) is 25.2 Å². The van der Waals surface area contributed by atoms with Crippen LogP contribution in [0.4, 0.5) is 5.13 Å². The molecule has 0 spiro atoms. The van der Waals surface area contributed by atoms with Crippen LogP contribution >= 0.6 is 23.1 Å². The summed E-state index contributed by atoms with van der Waals surface area (Å²) < 4.78 is 0.741. The highest BCUT2D eigenvalue weighted by Crippen LogP contribution is 2.33. The quantitative estimate of drug-likeness (QED) is 0.842. The lowest BCUT2D eigenvalue weighted by atomic mass is 10.1. The molecule has 1 aromatic rings. The van der Waals surface area contributed by atoms with Gasteiger partial charge >= 0.3 is 5.97 Å². The number of hydrogen-bond donors (Lipinski definition) is 1. The van der Waals surface area contributed by atoms with Crippen molar-refractivity contribution in [1.29, 1.82) is 0 Å². The van der Waals surface area contributed by atoms with E-state index in [1.165, 1.54) is 42.4 Å². The Morgan fingerprint density at radius 2 is 2.20 bits per heavy atom. The Morgan fingerprint density at radius 1 is 1.40 bits per heavy atom. The summed E-state index contributed by atoms with van der Waals surface area (Å²) in [6.07, 6.45) is 3.74. The van der Waals surface area contributed by atoms with Gasteiger partial charge < -0.3 is 10.0 Å². The van der Waals surface area contributed by atoms with Crippen LogP contribution in [-0.2, 0) is 4.79 Å². The minimum Gasteiger partial charge on any atom is -0.481 e. The average Bonchev–Trinajstić information content (AvgIpc) is 2.94. The predicted octanol–water partition coefficient (Wildman–Crippen LogP) is 1.39. The van der Waals surface area contributed by atoms with Crippen molar-refractivity contribution in [2.24, 2.45) is 0 Å². The van der Waals surface area contributed by atoms with Crippen molar-refractivity contribution in [2.75, 3.05) is 30.8 Å². The normalized spacial score (nSPS) is 26.8. The van der Waals surface area contributed by atoms with Crippen molar-refractivity contribution in [1.82, 2.24) is 15.1 Å². The lowest BCUT2D eigenvalue weighted by Gasteiger charge is -2.24. The number of aliphatic carboxylic acids is 1. The Labute approximate surface area is 126 Å². The molecule has 2 bridgehead atoms. The third kappa shape index (κ3) is 2.91. The fourth-order valence-corrected chi connectivity index (χ4v) is 4.59. The predicted molar refractivity (Wildman–Crippen MR) is 79.7 cm³/mol. The third-order valence-corrected chi connectivity index (χ3v) is 6.24. The van der Waals surface area contributed by atoms with Gasteiger partial charge in [-0.15, -0.1) is 10.2 Å². The number of hydrogen-bond acceptors (Lipinski definition) is 7. The summed E-state index contributed by atoms with van der Waals surface area (Å²) >= 11 is 2.75. The average molecular weight is 314 g/mol. The van der Waals surface area contributed by atoms with Crippen LogP contribution in [0.1, 0.15) is 19.3 Å². The molecule has 0 saturated carbocycles. The highest BCUT2D eigenvalue weighted by molar-refractivity contribution is 8.01. The molecule has 2 aliphatic rings. The summed E-state index contributed by atoms with van der Waals surface area (Å²) in [5.74, 6) is -0.775. The van der Waals surface area contributed by atoms with E-state index < -0.39 is 5.97 Å². The maximum atomic E-state index is 10.6. The molecule has 2 unspecified atom stereocenters. The van der Waals surface area contributed by atoms with E-state index in [0.717, 1.165) is 22.6 Å². The number of fused-ring (bicyclic) bond motifs is 2. The molecule has 2 fully saturated rings. The van der Waals surface area contributed by atoms with Crippen molar-refractivity contribution in [3.05, 3.63) is 0 Å². The van der Waals surface area contributed by atoms with Crippen LogP contribution in [0.2, 0.25) is 0 Å². The number of carboxylic acids is 1. The molecule has 3 heterocycles. The smallest absolute Gasteiger partial charge is 0.313 e. The first-order chi connectivity index (χ1) is 9.63. The number of nitrogens with zero attached hydrogens (tertiary/aromatic N) is 4. The SMILES string of the molecule is CN1C2CCC1CN(c1nnc(SCC(=O)O)s1)CC2. The van der Waals surface area contributed by atoms with Crippen molar-refractivity contribution >= 4 is 34.2 Å². The summed E-state index contributed by atoms with van der Waals surface area (Å²) in [5, 5.41) is 17.9. The van der Waals surface area contributed by atoms with Gasteiger partial charge in [0.1, 0.15) is 0 Å². The molecule has 3 rings (SSSR count). The lowest BCUT2D eigenvalue weighted by molar-refractivity contribution is -0.133. The summed E-state index contributed by atoms with van der Waals surface area (Å²) in [7, 11) is 2.22. The number of aromatic nitrogens is 2. The van der Waals surface area contributed by atoms with Crippen LogP contribution in [0, 0.1) is 0 Å². The summed E-state index contributed by atoms with van der Waals surface area (Å²) in [6, 6.07) is 1.32. The number of thioether (sulfide) groups is 1. The van der Waals surface area contributed by atoms with Crippen molar-refractivity contribution in [3.63, 3.8) is 0 Å². The highest BCUT2D eigenvalue weighted by atomic mass is 32.2. The van der Waals surface area contributed by atoms with E-state index in [4.69, 9.17) is 5.11 Å². The van der Waals surface area contributed by atoms with Crippen molar-refractivity contribution < 1.29 is 9.90 Å². The maximum Gasteiger partial charge on any atom is 0.313 e. The van der Waals surface area contributed by atoms with Gasteiger partial charge in [-0.25, -0.2) is 0 Å². The first-order valence-electron chi connectivity index (χ1n) is 6.78. The van der Waals surface area contributed by atoms with Crippen molar-refractivity contribution in [2.45, 2.75) is 35.7 Å². The number of anilines is 1. The molecule has 20 heavy (non-hydrogen) atoms. The first kappa shape index (κ1) is 14.1. The van der Waals surface area contributed by atoms with Gasteiger partial charge in [0.15, 0.2) is 4.34 Å². The molecular weight excluding hydrogens is 296 g/mol. The van der Waals surface area contributed by atoms with E-state index in [9.17, 15) is 4.79 Å². The zero-order chi connectivity index (χ0) is 14.1. The molecule has 0 aromatic carbocycles. The topological polar surface area (TPSA) is 69.6 Å². The summed E-state index contributed by atoms with van der Waals surface area (Å²) in [4.78, 5) is 15.4. The van der Waals surface area contributed by atoms with E-state index in [1.807, 2.05) is 0 Å². The van der Waals surface area contributed by atoms with Crippen LogP contribution in [0.25, 0.3) is 0 Å². The second kappa shape index (κ2) is 5.87. The number of likely N-dealkylation sites (N-methyl/N-ethyl adjacent to an activating group) is 1. The van der Waals surface area contributed by atoms with Crippen LogP contribution in [0.5, 0.6) is 0 Å². The number of carboxylic acid groups (broad SMARTS) is 1. The Bertz CT molecular complexity index is 496. The van der Waals surface area contributed by atoms with Gasteiger partial charge in [0.25, 0.3) is 0 Å². The zero-order valence-corrected chi connectivity index (χ0v) is 13.0. The second-order valence-corrected chi connectivity index (χ2v) is 7.50. The van der Waals surface area contributed by atoms with Crippen molar-refractivity contribution in [3.8, 4) is 0 Å². The molecule has 0 amide bonds. The second-order valence-electron chi connectivity index (χ2n) is 5.32. The number of rotatable bonds is 4. The Hall–Kier alpha value is -0.860. The van der Waals surface area contributed by atoms with Gasteiger partial charge in [0.2, 0.25) is 5.13 Å². The lowest BCUT2D eigenvalue weighted by Crippen LogP contribution is -2.36. The maximum absolute atomic E-state index is 10.6. The Kier molecular flexibility index (Phi) is 4.13. The van der Waals surface area contributed by atoms with E-state index in [2.05, 4.69) is 27.0 Å². The van der Waals surface area contributed by atoms with E-state index in [-0.39, 0.29) is 5.75 Å². The molecule has 2 atom stereocenters. The standard InChI is InChI=1S/C12H18N4O2S2/c1-15-8-2-3-9(15)6-16(5-4-8)11-13-14-12(20-11)19-7-10(17)18/h8-9H,2-7H2,1H3,(H,17,18). The molecule has 6 nitrogen and oxygen atoms in total. The van der Waals surface area contributed by atoms with Gasteiger partial charge in [-0.1, -0.05) is 23.1 Å². The molecule has 2 saturated heterocycles. The molecule has 2 aliphatic heterocycles. The van der Waals surface area contributed by atoms with Crippen LogP contribution in [0.3, 0.4) is 0 Å². The molecule has 0 aliphatic carbocycles. The third-order valence-electron chi connectivity index (χ3n) is 4.13. The van der Waals surface area contributed by atoms with Gasteiger partial charge in [0.05, 0.1) is 5.75 Å². The minimum absolute atomic E-state index is 0.0437. The monoisotopic (exact) mass is 314 g/mol. The van der Waals surface area contributed by atoms with Gasteiger partial charge in [-0.2, -0.15) is 0 Å². The van der Waals surface area contributed by atoms with E-state index in [0.29, 0.717) is 12.1 Å². The molecule has 1 aromatic heterocycles. The number of carbonyl (C=O) groups is 1. The van der Waals surface area contributed by atoms with E-state index in [1.54, 1.807) is 0 Å². The van der Waals surface area contributed by atoms with Crippen LogP contribution in [0.15, 0.2) is 4.34 Å². The Balaban J connectivity index is 1.65. The molecule has 110 valence electrons. The largest absolute Gasteiger partial charge is 0.481 e. The minimum atomic E-state index is -0.819. The molecule has 0 radical (unpaired) electrons. The summed E-state index contributed by atoms with van der Waals surface area (Å²) in [5.41, 5.74) is 0. The Morgan fingerprint density at radius 3 is 3.00 bits per heavy atom. The first-order valence-corrected chi connectivity index (χ1v) is 8.58. The van der Waals surface area contributed by atoms with Crippen LogP contribution in [-0.4, -0.2) is 64.1 Å². The molecular formula is C12H18N4O2S2. The van der Waals surface area contributed by atoms with Crippen LogP contribution < -0.4 is 4.90 Å². The van der Waals surface area contributed by atoms with Gasteiger partial charge in [-0.3, -0.25) is 9.69 Å².